The molecule has 0 saturated carbocycles. The number of alkyl halides is 3. The number of ether oxygens (including phenoxy) is 3. The number of aromatic nitrogens is 6. The molecule has 0 aliphatic carbocycles. The van der Waals surface area contributed by atoms with Gasteiger partial charge in [-0.2, -0.15) is 41.2 Å². The molecule has 0 radical (unpaired) electrons. The van der Waals surface area contributed by atoms with Crippen LogP contribution in [0.3, 0.4) is 0 Å². The molecule has 0 unspecified atom stereocenters. The number of nitrogens with one attached hydrogen (secondary N) is 1. The molecule has 5 aromatic rings. The first-order chi connectivity index (χ1) is 23.7. The van der Waals surface area contributed by atoms with Gasteiger partial charge in [-0.15, -0.1) is 5.10 Å². The van der Waals surface area contributed by atoms with Crippen LogP contribution in [0.5, 0.6) is 11.8 Å². The second-order valence-electron chi connectivity index (χ2n) is 10.5. The van der Waals surface area contributed by atoms with Crippen molar-refractivity contribution in [3.05, 3.63) is 72.5 Å². The molecular weight excluding hydrogens is 837 g/mol. The molecule has 2 aromatic carbocycles. The fourth-order valence-electron chi connectivity index (χ4n) is 4.24. The van der Waals surface area contributed by atoms with Gasteiger partial charge in [0.15, 0.2) is 5.69 Å². The van der Waals surface area contributed by atoms with Crippen LogP contribution in [0.4, 0.5) is 23.2 Å². The molecule has 51 heavy (non-hydrogen) atoms. The lowest BCUT2D eigenvalue weighted by atomic mass is 10.1. The third kappa shape index (κ3) is 8.60. The van der Waals surface area contributed by atoms with Gasteiger partial charge in [0.05, 0.1) is 57.2 Å². The van der Waals surface area contributed by atoms with Crippen LogP contribution in [0.25, 0.3) is 17.0 Å². The number of carbonyl (C=O) groups excluding carboxylic acids is 1. The number of hydrogen-bond acceptors (Lipinski definition) is 10. The van der Waals surface area contributed by atoms with E-state index in [9.17, 15) is 30.8 Å². The van der Waals surface area contributed by atoms with Gasteiger partial charge in [-0.3, -0.25) is 9.40 Å². The predicted molar refractivity (Wildman–Crippen MR) is 183 cm³/mol. The minimum atomic E-state index is -4.69. The van der Waals surface area contributed by atoms with E-state index in [2.05, 4.69) is 40.8 Å². The predicted octanol–water partition coefficient (Wildman–Crippen LogP) is 7.78. The highest BCUT2D eigenvalue weighted by Crippen LogP contribution is 2.41. The molecule has 0 atom stereocenters. The Balaban J connectivity index is 0.000000229. The van der Waals surface area contributed by atoms with Gasteiger partial charge in [0.1, 0.15) is 11.5 Å². The third-order valence-corrected chi connectivity index (χ3v) is 9.54. The van der Waals surface area contributed by atoms with Crippen LogP contribution in [0.1, 0.15) is 35.5 Å². The fourth-order valence-corrected chi connectivity index (χ4v) is 6.78. The standard InChI is InChI=1S/C15H12BrClF4N2O2.C14H13Cl2N5O4S/c1-6(2)25-14(24)7-4-8(10(18)5-9(7)17)12-11(16)13(15(19,20)21)23(3)22-12;1-7-4-5-8(15)12(11(7)16)20-26(22,23)14-18-13-17-9(24-2)6-10(25-3)21(13)19-14/h4-6H,1-3H3;4-6,20H,1-3H3. The first-order valence-electron chi connectivity index (χ1n) is 14.0. The zero-order valence-corrected chi connectivity index (χ0v) is 31.7. The quantitative estimate of drug-likeness (QED) is 0.121. The van der Waals surface area contributed by atoms with Crippen molar-refractivity contribution < 1.29 is 45.0 Å². The van der Waals surface area contributed by atoms with E-state index < -0.39 is 49.4 Å². The molecule has 22 heteroatoms. The molecule has 5 rings (SSSR count). The SMILES string of the molecule is CC(C)OC(=O)c1cc(-c2nn(C)c(C(F)(F)F)c2Br)c(F)cc1Cl.COc1cc(OC)n2nc(S(=O)(=O)Nc3c(Cl)ccc(C)c3Cl)nc2n1. The molecule has 3 heterocycles. The molecular formula is C29H25BrCl3F4N7O6S. The Morgan fingerprint density at radius 3 is 2.25 bits per heavy atom. The summed E-state index contributed by atoms with van der Waals surface area (Å²) in [5, 5.41) is 7.24. The van der Waals surface area contributed by atoms with Crippen LogP contribution in [-0.2, 0) is 28.0 Å². The average molecular weight is 862 g/mol. The number of carbonyl (C=O) groups is 1. The average Bonchev–Trinajstić information content (AvgIpc) is 3.61. The van der Waals surface area contributed by atoms with E-state index in [0.717, 1.165) is 23.7 Å². The van der Waals surface area contributed by atoms with Crippen molar-refractivity contribution >= 4 is 78.2 Å². The van der Waals surface area contributed by atoms with Gasteiger partial charge in [0.25, 0.3) is 21.0 Å². The Morgan fingerprint density at radius 2 is 1.69 bits per heavy atom. The van der Waals surface area contributed by atoms with Crippen molar-refractivity contribution in [3.8, 4) is 23.0 Å². The molecule has 274 valence electrons. The number of nitrogens with zero attached hydrogens (tertiary/aromatic N) is 6. The number of aryl methyl sites for hydroxylation is 2. The van der Waals surface area contributed by atoms with Gasteiger partial charge in [-0.05, 0) is 60.5 Å². The number of halogens is 8. The number of methoxy groups -OCH3 is 2. The molecule has 0 saturated heterocycles. The Labute approximate surface area is 310 Å². The highest BCUT2D eigenvalue weighted by atomic mass is 79.9. The lowest BCUT2D eigenvalue weighted by Crippen LogP contribution is -2.15. The zero-order chi connectivity index (χ0) is 38.2. The van der Waals surface area contributed by atoms with E-state index >= 15 is 0 Å². The fraction of sp³-hybridized carbons (Fsp3) is 0.276. The minimum Gasteiger partial charge on any atom is -0.481 e. The Morgan fingerprint density at radius 1 is 1.02 bits per heavy atom. The highest BCUT2D eigenvalue weighted by Gasteiger charge is 2.39. The topological polar surface area (TPSA) is 152 Å². The summed E-state index contributed by atoms with van der Waals surface area (Å²) in [7, 11) is -0.288. The van der Waals surface area contributed by atoms with Crippen LogP contribution in [0.2, 0.25) is 15.1 Å². The number of sulfonamides is 1. The van der Waals surface area contributed by atoms with Gasteiger partial charge in [-0.1, -0.05) is 40.9 Å². The van der Waals surface area contributed by atoms with Gasteiger partial charge in [-0.25, -0.2) is 9.18 Å². The maximum Gasteiger partial charge on any atom is 0.434 e. The van der Waals surface area contributed by atoms with Crippen molar-refractivity contribution in [3.63, 3.8) is 0 Å². The van der Waals surface area contributed by atoms with E-state index in [4.69, 9.17) is 49.0 Å². The largest absolute Gasteiger partial charge is 0.481 e. The molecule has 13 nitrogen and oxygen atoms in total. The van der Waals surface area contributed by atoms with Gasteiger partial charge in [0, 0.05) is 12.6 Å². The number of rotatable bonds is 8. The van der Waals surface area contributed by atoms with Crippen LogP contribution in [0, 0.1) is 12.7 Å². The van der Waals surface area contributed by atoms with Crippen LogP contribution >= 0.6 is 50.7 Å². The maximum atomic E-state index is 14.3. The number of benzene rings is 2. The second-order valence-corrected chi connectivity index (χ2v) is 14.1. The monoisotopic (exact) mass is 859 g/mol. The molecule has 1 N–H and O–H groups in total. The van der Waals surface area contributed by atoms with E-state index in [0.29, 0.717) is 10.2 Å². The second kappa shape index (κ2) is 15.4. The summed E-state index contributed by atoms with van der Waals surface area (Å²) in [4.78, 5) is 20.0. The van der Waals surface area contributed by atoms with E-state index in [1.54, 1.807) is 26.8 Å². The normalized spacial score (nSPS) is 11.7. The third-order valence-electron chi connectivity index (χ3n) is 6.55. The molecule has 0 aliphatic heterocycles. The summed E-state index contributed by atoms with van der Waals surface area (Å²) in [5.41, 5.74) is -1.16. The van der Waals surface area contributed by atoms with Gasteiger partial charge < -0.3 is 14.2 Å². The molecule has 0 amide bonds. The van der Waals surface area contributed by atoms with Gasteiger partial charge >= 0.3 is 12.1 Å². The summed E-state index contributed by atoms with van der Waals surface area (Å²) < 4.78 is 97.6. The highest BCUT2D eigenvalue weighted by molar-refractivity contribution is 9.10. The summed E-state index contributed by atoms with van der Waals surface area (Å²) in [6.45, 7) is 4.95. The number of hydrogen-bond donors (Lipinski definition) is 1. The molecule has 0 fully saturated rings. The lowest BCUT2D eigenvalue weighted by molar-refractivity contribution is -0.144. The van der Waals surface area contributed by atoms with E-state index in [1.807, 2.05) is 0 Å². The summed E-state index contributed by atoms with van der Waals surface area (Å²) in [5.74, 6) is -1.35. The van der Waals surface area contributed by atoms with Crippen molar-refractivity contribution in [1.29, 1.82) is 0 Å². The van der Waals surface area contributed by atoms with E-state index in [-0.39, 0.29) is 55.1 Å². The van der Waals surface area contributed by atoms with Gasteiger partial charge in [0.2, 0.25) is 11.8 Å². The Bertz CT molecular complexity index is 2250. The summed E-state index contributed by atoms with van der Waals surface area (Å²) in [6.07, 6.45) is -5.14. The molecule has 3 aromatic heterocycles. The first kappa shape index (κ1) is 39.9. The van der Waals surface area contributed by atoms with Crippen LogP contribution in [0.15, 0.2) is 40.0 Å². The smallest absolute Gasteiger partial charge is 0.434 e. The summed E-state index contributed by atoms with van der Waals surface area (Å²) in [6, 6.07) is 6.51. The lowest BCUT2D eigenvalue weighted by Gasteiger charge is -2.11. The van der Waals surface area contributed by atoms with Crippen molar-refractivity contribution in [2.24, 2.45) is 7.05 Å². The number of anilines is 1. The van der Waals surface area contributed by atoms with Crippen LogP contribution in [-0.4, -0.2) is 64.1 Å². The van der Waals surface area contributed by atoms with Crippen molar-refractivity contribution in [2.45, 2.75) is 38.2 Å². The van der Waals surface area contributed by atoms with Crippen LogP contribution < -0.4 is 14.2 Å². The van der Waals surface area contributed by atoms with Crippen molar-refractivity contribution in [2.75, 3.05) is 18.9 Å². The number of fused-ring (bicyclic) bond motifs is 1. The molecule has 0 aliphatic rings. The zero-order valence-electron chi connectivity index (χ0n) is 27.0. The maximum absolute atomic E-state index is 14.3. The van der Waals surface area contributed by atoms with Crippen molar-refractivity contribution in [1.82, 2.24) is 29.4 Å². The first-order valence-corrected chi connectivity index (χ1v) is 17.4. The Kier molecular flexibility index (Phi) is 12.0. The summed E-state index contributed by atoms with van der Waals surface area (Å²) >= 11 is 20.9. The van der Waals surface area contributed by atoms with E-state index in [1.165, 1.54) is 26.4 Å². The minimum absolute atomic E-state index is 0.0111. The number of esters is 1. The molecule has 0 bridgehead atoms. The Hall–Kier alpha value is -3.91. The molecule has 0 spiro atoms.